The summed E-state index contributed by atoms with van der Waals surface area (Å²) in [6.45, 7) is 1.83. The second-order valence-electron chi connectivity index (χ2n) is 26.8. The van der Waals surface area contributed by atoms with Gasteiger partial charge >= 0.3 is 0 Å². The molecule has 0 aromatic carbocycles. The Labute approximate surface area is 549 Å². The van der Waals surface area contributed by atoms with Crippen LogP contribution in [0.3, 0.4) is 0 Å². The lowest BCUT2D eigenvalue weighted by Gasteiger charge is -2.48. The number of nitrogens with one attached hydrogen (secondary N) is 1. The van der Waals surface area contributed by atoms with Crippen LogP contribution in [0, 0.1) is 0 Å². The Bertz CT molecular complexity index is 1750. The number of amides is 1. The quantitative estimate of drug-likeness (QED) is 0.0199. The van der Waals surface area contributed by atoms with E-state index in [0.717, 1.165) is 57.8 Å². The molecule has 0 aliphatic carbocycles. The van der Waals surface area contributed by atoms with Gasteiger partial charge in [-0.25, -0.2) is 0 Å². The molecule has 1 amide bonds. The predicted molar refractivity (Wildman–Crippen MR) is 356 cm³/mol. The van der Waals surface area contributed by atoms with Crippen molar-refractivity contribution in [3.63, 3.8) is 0 Å². The molecule has 17 atom stereocenters. The molecule has 3 aliphatic heterocycles. The zero-order valence-corrected chi connectivity index (χ0v) is 56.8. The smallest absolute Gasteiger partial charge is 0.220 e. The maximum Gasteiger partial charge on any atom is 0.220 e. The fourth-order valence-electron chi connectivity index (χ4n) is 12.8. The maximum atomic E-state index is 13.4. The van der Waals surface area contributed by atoms with E-state index in [2.05, 4.69) is 43.5 Å². The van der Waals surface area contributed by atoms with Gasteiger partial charge in [0.25, 0.3) is 0 Å². The minimum absolute atomic E-state index is 0.243. The number of aliphatic hydroxyl groups excluding tert-OH is 11. The molecule has 536 valence electrons. The number of hydrogen-bond donors (Lipinski definition) is 12. The summed E-state index contributed by atoms with van der Waals surface area (Å²) in [4.78, 5) is 13.4. The third-order valence-corrected chi connectivity index (χ3v) is 18.8. The van der Waals surface area contributed by atoms with Gasteiger partial charge in [-0.3, -0.25) is 4.79 Å². The van der Waals surface area contributed by atoms with E-state index in [-0.39, 0.29) is 18.9 Å². The lowest BCUT2D eigenvalue weighted by Crippen LogP contribution is -2.66. The summed E-state index contributed by atoms with van der Waals surface area (Å²) in [5, 5.41) is 121. The Morgan fingerprint density at radius 3 is 1.12 bits per heavy atom. The molecule has 17 unspecified atom stereocenters. The standard InChI is InChI=1S/C72H135NO18/c1-3-5-7-9-11-13-15-17-19-21-23-25-26-27-28-30-31-33-35-37-39-41-43-45-47-49-56(77)55(73-60(78)50-48-46-44-42-40-38-36-34-32-29-24-22-20-18-16-14-12-10-8-6-4-2)54-86-70-66(84)63(81)68(58(52-75)88-70)91-72-67(85)64(82)69(59(53-76)89-72)90-71-65(83)62(80)61(79)57(51-74)87-71/h16,18,22,24,55-59,61-72,74-77,79-85H,3-15,17,19-21,23,25-54H2,1-2H3,(H,73,78)/b18-16-,24-22-. The van der Waals surface area contributed by atoms with Crippen molar-refractivity contribution in [3.05, 3.63) is 24.3 Å². The van der Waals surface area contributed by atoms with E-state index in [9.17, 15) is 61.0 Å². The highest BCUT2D eigenvalue weighted by atomic mass is 16.8. The van der Waals surface area contributed by atoms with Crippen LogP contribution in [0.25, 0.3) is 0 Å². The van der Waals surface area contributed by atoms with Crippen LogP contribution in [-0.4, -0.2) is 193 Å². The van der Waals surface area contributed by atoms with E-state index < -0.39 is 124 Å². The fraction of sp³-hybridized carbons (Fsp3) is 0.931. The van der Waals surface area contributed by atoms with Gasteiger partial charge in [-0.1, -0.05) is 269 Å². The van der Waals surface area contributed by atoms with E-state index in [1.807, 2.05) is 0 Å². The molecular weight excluding hydrogens is 1170 g/mol. The first kappa shape index (κ1) is 83.5. The van der Waals surface area contributed by atoms with E-state index in [1.165, 1.54) is 205 Å². The van der Waals surface area contributed by atoms with Gasteiger partial charge < -0.3 is 89.9 Å². The van der Waals surface area contributed by atoms with Crippen LogP contribution in [0.2, 0.25) is 0 Å². The average molecular weight is 1300 g/mol. The van der Waals surface area contributed by atoms with Gasteiger partial charge in [0.15, 0.2) is 18.9 Å². The molecule has 91 heavy (non-hydrogen) atoms. The number of carbonyl (C=O) groups excluding carboxylic acids is 1. The minimum atomic E-state index is -1.97. The Morgan fingerprint density at radius 2 is 0.725 bits per heavy atom. The second kappa shape index (κ2) is 54.3. The van der Waals surface area contributed by atoms with Crippen molar-refractivity contribution >= 4 is 5.91 Å². The Balaban J connectivity index is 1.41. The highest BCUT2D eigenvalue weighted by Gasteiger charge is 2.53. The van der Waals surface area contributed by atoms with Crippen LogP contribution in [0.4, 0.5) is 0 Å². The number of rotatable bonds is 58. The van der Waals surface area contributed by atoms with Crippen molar-refractivity contribution in [1.82, 2.24) is 5.32 Å². The molecule has 3 heterocycles. The van der Waals surface area contributed by atoms with Gasteiger partial charge in [0.2, 0.25) is 5.91 Å². The number of allylic oxidation sites excluding steroid dienone is 4. The van der Waals surface area contributed by atoms with Crippen LogP contribution in [0.1, 0.15) is 296 Å². The van der Waals surface area contributed by atoms with Gasteiger partial charge in [0.05, 0.1) is 38.6 Å². The highest BCUT2D eigenvalue weighted by Crippen LogP contribution is 2.33. The molecule has 12 N–H and O–H groups in total. The normalized spacial score (nSPS) is 27.9. The van der Waals surface area contributed by atoms with Gasteiger partial charge in [-0.2, -0.15) is 0 Å². The number of hydrogen-bond acceptors (Lipinski definition) is 18. The van der Waals surface area contributed by atoms with E-state index in [1.54, 1.807) is 0 Å². The van der Waals surface area contributed by atoms with Crippen molar-refractivity contribution in [3.8, 4) is 0 Å². The topological polar surface area (TPSA) is 307 Å². The summed E-state index contributed by atoms with van der Waals surface area (Å²) < 4.78 is 34.5. The summed E-state index contributed by atoms with van der Waals surface area (Å²) in [5.41, 5.74) is 0. The first-order chi connectivity index (χ1) is 44.3. The third-order valence-electron chi connectivity index (χ3n) is 18.8. The highest BCUT2D eigenvalue weighted by molar-refractivity contribution is 5.76. The monoisotopic (exact) mass is 1300 g/mol. The van der Waals surface area contributed by atoms with Crippen molar-refractivity contribution in [2.75, 3.05) is 26.4 Å². The maximum absolute atomic E-state index is 13.4. The lowest BCUT2D eigenvalue weighted by atomic mass is 9.96. The zero-order chi connectivity index (χ0) is 66.1. The first-order valence-electron chi connectivity index (χ1n) is 37.1. The number of unbranched alkanes of at least 4 members (excludes halogenated alkanes) is 38. The van der Waals surface area contributed by atoms with E-state index in [4.69, 9.17) is 28.4 Å². The van der Waals surface area contributed by atoms with Crippen LogP contribution >= 0.6 is 0 Å². The molecule has 0 aromatic heterocycles. The molecule has 0 radical (unpaired) electrons. The molecule has 3 saturated heterocycles. The zero-order valence-electron chi connectivity index (χ0n) is 56.8. The van der Waals surface area contributed by atoms with Gasteiger partial charge in [-0.05, 0) is 44.9 Å². The van der Waals surface area contributed by atoms with Gasteiger partial charge in [-0.15, -0.1) is 0 Å². The molecule has 0 spiro atoms. The molecule has 0 bridgehead atoms. The fourth-order valence-corrected chi connectivity index (χ4v) is 12.8. The molecule has 0 saturated carbocycles. The number of ether oxygens (including phenoxy) is 6. The lowest BCUT2D eigenvalue weighted by molar-refractivity contribution is -0.379. The molecule has 0 aromatic rings. The SMILES string of the molecule is CCCCCCC/C=C\C/C=C\CCCCCCCCCCCC(=O)NC(COC1OC(CO)C(OC2OC(CO)C(OC3OC(CO)C(O)C(O)C3O)C(O)C2O)C(O)C1O)C(O)CCCCCCCCCCCCCCCCCCCCCCCCCCC. The van der Waals surface area contributed by atoms with Crippen molar-refractivity contribution in [2.24, 2.45) is 0 Å². The van der Waals surface area contributed by atoms with Gasteiger partial charge in [0, 0.05) is 6.42 Å². The van der Waals surface area contributed by atoms with Crippen molar-refractivity contribution in [2.45, 2.75) is 401 Å². The Hall–Kier alpha value is -1.73. The van der Waals surface area contributed by atoms with Crippen molar-refractivity contribution < 1.29 is 89.4 Å². The largest absolute Gasteiger partial charge is 0.394 e. The average Bonchev–Trinajstić information content (AvgIpc) is 0.883. The molecule has 3 fully saturated rings. The summed E-state index contributed by atoms with van der Waals surface area (Å²) in [5.74, 6) is -0.243. The minimum Gasteiger partial charge on any atom is -0.394 e. The molecular formula is C72H135NO18. The summed E-state index contributed by atoms with van der Waals surface area (Å²) in [6, 6.07) is -0.889. The molecule has 19 heteroatoms. The third kappa shape index (κ3) is 35.9. The second-order valence-corrected chi connectivity index (χ2v) is 26.8. The van der Waals surface area contributed by atoms with Crippen LogP contribution < -0.4 is 5.32 Å². The molecule has 19 nitrogen and oxygen atoms in total. The summed E-state index contributed by atoms with van der Waals surface area (Å²) in [6.07, 6.45) is 35.4. The summed E-state index contributed by atoms with van der Waals surface area (Å²) >= 11 is 0. The van der Waals surface area contributed by atoms with Crippen LogP contribution in [-0.2, 0) is 33.2 Å². The number of carbonyl (C=O) groups is 1. The van der Waals surface area contributed by atoms with Crippen molar-refractivity contribution in [1.29, 1.82) is 0 Å². The van der Waals surface area contributed by atoms with Crippen LogP contribution in [0.15, 0.2) is 24.3 Å². The number of aliphatic hydroxyl groups is 11. The first-order valence-corrected chi connectivity index (χ1v) is 37.1. The summed E-state index contributed by atoms with van der Waals surface area (Å²) in [7, 11) is 0. The Morgan fingerprint density at radius 1 is 0.396 bits per heavy atom. The predicted octanol–water partition coefficient (Wildman–Crippen LogP) is 10.6. The van der Waals surface area contributed by atoms with E-state index >= 15 is 0 Å². The van der Waals surface area contributed by atoms with Gasteiger partial charge in [0.1, 0.15) is 73.2 Å². The molecule has 3 rings (SSSR count). The molecule has 3 aliphatic rings. The Kier molecular flexibility index (Phi) is 49.8. The van der Waals surface area contributed by atoms with Crippen LogP contribution in [0.5, 0.6) is 0 Å². The van der Waals surface area contributed by atoms with E-state index in [0.29, 0.717) is 12.8 Å².